The minimum absolute atomic E-state index is 0.0497. The lowest BCUT2D eigenvalue weighted by molar-refractivity contribution is -0.145. The molecule has 0 unspecified atom stereocenters. The van der Waals surface area contributed by atoms with Gasteiger partial charge in [0.15, 0.2) is 12.2 Å². The highest BCUT2D eigenvalue weighted by molar-refractivity contribution is 7.99. The van der Waals surface area contributed by atoms with E-state index in [0.29, 0.717) is 22.2 Å². The number of benzene rings is 1. The molecule has 0 saturated heterocycles. The van der Waals surface area contributed by atoms with Crippen LogP contribution in [-0.2, 0) is 14.3 Å². The number of ether oxygens (including phenoxy) is 1. The van der Waals surface area contributed by atoms with E-state index in [2.05, 4.69) is 22.5 Å². The van der Waals surface area contributed by atoms with Gasteiger partial charge >= 0.3 is 12.0 Å². The Morgan fingerprint density at radius 2 is 2.04 bits per heavy atom. The van der Waals surface area contributed by atoms with E-state index >= 15 is 0 Å². The highest BCUT2D eigenvalue weighted by Crippen LogP contribution is 2.24. The van der Waals surface area contributed by atoms with Crippen LogP contribution in [0, 0.1) is 5.92 Å². The van der Waals surface area contributed by atoms with Crippen LogP contribution in [0.4, 0.5) is 4.79 Å². The number of amides is 3. The van der Waals surface area contributed by atoms with Crippen LogP contribution >= 0.6 is 11.8 Å². The van der Waals surface area contributed by atoms with Crippen molar-refractivity contribution in [3.8, 4) is 0 Å². The Morgan fingerprint density at radius 3 is 2.82 bits per heavy atom. The molecule has 1 fully saturated rings. The summed E-state index contributed by atoms with van der Waals surface area (Å²) < 4.78 is 10.4. The maximum Gasteiger partial charge on any atom is 0.321 e. The first kappa shape index (κ1) is 20.2. The molecule has 1 aromatic carbocycles. The summed E-state index contributed by atoms with van der Waals surface area (Å²) in [6.07, 6.45) is 4.20. The zero-order chi connectivity index (χ0) is 19.9. The van der Waals surface area contributed by atoms with Crippen LogP contribution in [0.3, 0.4) is 0 Å². The summed E-state index contributed by atoms with van der Waals surface area (Å²) in [5, 5.41) is 5.35. The van der Waals surface area contributed by atoms with Crippen molar-refractivity contribution >= 4 is 40.8 Å². The van der Waals surface area contributed by atoms with Crippen molar-refractivity contribution in [3.05, 3.63) is 24.3 Å². The number of carbonyl (C=O) groups is 3. The number of hydrogen-bond donors (Lipinski definition) is 2. The Hall–Kier alpha value is -2.55. The molecule has 3 rings (SSSR count). The normalized spacial score (nSPS) is 19.2. The predicted octanol–water partition coefficient (Wildman–Crippen LogP) is 2.87. The molecular weight excluding hydrogens is 382 g/mol. The summed E-state index contributed by atoms with van der Waals surface area (Å²) in [6.45, 7) is 1.57. The van der Waals surface area contributed by atoms with Crippen molar-refractivity contribution < 1.29 is 23.5 Å². The number of fused-ring (bicyclic) bond motifs is 1. The number of urea groups is 1. The molecule has 1 aromatic heterocycles. The minimum Gasteiger partial charge on any atom is -0.455 e. The van der Waals surface area contributed by atoms with E-state index in [9.17, 15) is 14.4 Å². The molecule has 1 saturated carbocycles. The van der Waals surface area contributed by atoms with Gasteiger partial charge in [0.05, 0.1) is 0 Å². The summed E-state index contributed by atoms with van der Waals surface area (Å²) in [5.74, 6) is -0.924. The van der Waals surface area contributed by atoms with Gasteiger partial charge in [-0.2, -0.15) is 0 Å². The lowest BCUT2D eigenvalue weighted by Gasteiger charge is -2.29. The summed E-state index contributed by atoms with van der Waals surface area (Å²) in [7, 11) is 0. The standard InChI is InChI=1S/C19H23N3O5S/c1-12-6-2-3-7-13(12)20-18(25)22-16(23)10-26-17(24)11-28-19-21-14-8-4-5-9-15(14)27-19/h4-5,8-9,12-13H,2-3,6-7,10-11H2,1H3,(H2,20,22,23,25)/t12-,13-/m1/s1. The molecule has 0 bridgehead atoms. The number of aromatic nitrogens is 1. The van der Waals surface area contributed by atoms with Gasteiger partial charge in [-0.1, -0.05) is 43.7 Å². The van der Waals surface area contributed by atoms with Crippen molar-refractivity contribution in [2.75, 3.05) is 12.4 Å². The maximum absolute atomic E-state index is 11.9. The van der Waals surface area contributed by atoms with Gasteiger partial charge in [-0.3, -0.25) is 14.9 Å². The third kappa shape index (κ3) is 5.72. The van der Waals surface area contributed by atoms with Crippen LogP contribution in [0.2, 0.25) is 0 Å². The van der Waals surface area contributed by atoms with Crippen LogP contribution in [0.5, 0.6) is 0 Å². The number of thioether (sulfide) groups is 1. The van der Waals surface area contributed by atoms with Crippen LogP contribution in [0.25, 0.3) is 11.1 Å². The number of nitrogens with one attached hydrogen (secondary N) is 2. The molecular formula is C19H23N3O5S. The third-order valence-electron chi connectivity index (χ3n) is 4.63. The molecule has 1 aliphatic carbocycles. The number of rotatable bonds is 6. The van der Waals surface area contributed by atoms with Gasteiger partial charge in [0.1, 0.15) is 11.3 Å². The Balaban J connectivity index is 1.35. The average Bonchev–Trinajstić information content (AvgIpc) is 3.09. The summed E-state index contributed by atoms with van der Waals surface area (Å²) in [5.41, 5.74) is 1.34. The number of nitrogens with zero attached hydrogens (tertiary/aromatic N) is 1. The number of imide groups is 1. The smallest absolute Gasteiger partial charge is 0.321 e. The van der Waals surface area contributed by atoms with Gasteiger partial charge in [-0.15, -0.1) is 0 Å². The molecule has 2 atom stereocenters. The second-order valence-electron chi connectivity index (χ2n) is 6.79. The van der Waals surface area contributed by atoms with E-state index in [4.69, 9.17) is 9.15 Å². The predicted molar refractivity (Wildman–Crippen MR) is 104 cm³/mol. The second kappa shape index (κ2) is 9.59. The first-order valence-corrected chi connectivity index (χ1v) is 10.2. The van der Waals surface area contributed by atoms with Gasteiger partial charge in [-0.25, -0.2) is 9.78 Å². The summed E-state index contributed by atoms with van der Waals surface area (Å²) in [6, 6.07) is 6.79. The summed E-state index contributed by atoms with van der Waals surface area (Å²) >= 11 is 1.08. The highest BCUT2D eigenvalue weighted by atomic mass is 32.2. The summed E-state index contributed by atoms with van der Waals surface area (Å²) in [4.78, 5) is 39.7. The Kier molecular flexibility index (Phi) is 6.91. The molecule has 1 aliphatic rings. The molecule has 0 radical (unpaired) electrons. The molecule has 0 spiro atoms. The first-order chi connectivity index (χ1) is 13.5. The van der Waals surface area contributed by atoms with Gasteiger partial charge in [-0.05, 0) is 30.9 Å². The Morgan fingerprint density at radius 1 is 1.25 bits per heavy atom. The van der Waals surface area contributed by atoms with Crippen molar-refractivity contribution in [1.29, 1.82) is 0 Å². The molecule has 0 aliphatic heterocycles. The van der Waals surface area contributed by atoms with E-state index in [-0.39, 0.29) is 11.8 Å². The van der Waals surface area contributed by atoms with Crippen molar-refractivity contribution in [3.63, 3.8) is 0 Å². The van der Waals surface area contributed by atoms with E-state index in [1.54, 1.807) is 6.07 Å². The van der Waals surface area contributed by atoms with Gasteiger partial charge in [0.25, 0.3) is 11.1 Å². The molecule has 3 amide bonds. The quantitative estimate of drug-likeness (QED) is 0.561. The van der Waals surface area contributed by atoms with Crippen molar-refractivity contribution in [2.45, 2.75) is 43.9 Å². The minimum atomic E-state index is -0.666. The van der Waals surface area contributed by atoms with E-state index in [1.165, 1.54) is 0 Å². The lowest BCUT2D eigenvalue weighted by atomic mass is 9.86. The molecule has 28 heavy (non-hydrogen) atoms. The van der Waals surface area contributed by atoms with E-state index < -0.39 is 24.5 Å². The fraction of sp³-hybridized carbons (Fsp3) is 0.474. The lowest BCUT2D eigenvalue weighted by Crippen LogP contribution is -2.48. The van der Waals surface area contributed by atoms with E-state index in [1.807, 2.05) is 18.2 Å². The molecule has 150 valence electrons. The SMILES string of the molecule is C[C@@H]1CCCC[C@H]1NC(=O)NC(=O)COC(=O)CSc1nc2ccccc2o1. The number of para-hydroxylation sites is 2. The monoisotopic (exact) mass is 405 g/mol. The number of carbonyl (C=O) groups excluding carboxylic acids is 3. The number of hydrogen-bond acceptors (Lipinski definition) is 7. The number of oxazole rings is 1. The van der Waals surface area contributed by atoms with E-state index in [0.717, 1.165) is 37.4 Å². The number of esters is 1. The Labute approximate surface area is 166 Å². The first-order valence-electron chi connectivity index (χ1n) is 9.25. The highest BCUT2D eigenvalue weighted by Gasteiger charge is 2.23. The van der Waals surface area contributed by atoms with Crippen LogP contribution in [0.15, 0.2) is 33.9 Å². The van der Waals surface area contributed by atoms with Crippen molar-refractivity contribution in [1.82, 2.24) is 15.6 Å². The van der Waals surface area contributed by atoms with Crippen LogP contribution in [0.1, 0.15) is 32.6 Å². The van der Waals surface area contributed by atoms with Gasteiger partial charge in [0, 0.05) is 6.04 Å². The van der Waals surface area contributed by atoms with Gasteiger partial charge < -0.3 is 14.5 Å². The molecule has 2 aromatic rings. The average molecular weight is 405 g/mol. The van der Waals surface area contributed by atoms with Crippen LogP contribution in [-0.4, -0.2) is 41.3 Å². The zero-order valence-electron chi connectivity index (χ0n) is 15.6. The van der Waals surface area contributed by atoms with Crippen LogP contribution < -0.4 is 10.6 Å². The zero-order valence-corrected chi connectivity index (χ0v) is 16.4. The molecule has 2 N–H and O–H groups in total. The Bertz CT molecular complexity index is 820. The second-order valence-corrected chi connectivity index (χ2v) is 7.71. The topological polar surface area (TPSA) is 111 Å². The molecule has 1 heterocycles. The third-order valence-corrected chi connectivity index (χ3v) is 5.43. The van der Waals surface area contributed by atoms with Gasteiger partial charge in [0.2, 0.25) is 0 Å². The maximum atomic E-state index is 11.9. The van der Waals surface area contributed by atoms with Crippen molar-refractivity contribution in [2.24, 2.45) is 5.92 Å². The largest absolute Gasteiger partial charge is 0.455 e. The fourth-order valence-corrected chi connectivity index (χ4v) is 3.76. The molecule has 8 nitrogen and oxygen atoms in total. The fourth-order valence-electron chi connectivity index (χ4n) is 3.12. The molecule has 9 heteroatoms.